The number of rotatable bonds is 6. The molecular weight excluding hydrogens is 556 g/mol. The predicted octanol–water partition coefficient (Wildman–Crippen LogP) is 3.83. The number of hydrogen-bond acceptors (Lipinski definition) is 7. The quantitative estimate of drug-likeness (QED) is 0.223. The van der Waals surface area contributed by atoms with Crippen molar-refractivity contribution < 1.29 is 34.5 Å². The van der Waals surface area contributed by atoms with Gasteiger partial charge in [-0.1, -0.05) is 12.2 Å². The number of anilines is 1. The van der Waals surface area contributed by atoms with E-state index in [0.717, 1.165) is 9.47 Å². The van der Waals surface area contributed by atoms with Gasteiger partial charge in [-0.2, -0.15) is 5.26 Å². The summed E-state index contributed by atoms with van der Waals surface area (Å²) >= 11 is 0. The molecule has 43 heavy (non-hydrogen) atoms. The molecular formula is C31H20N4O8. The highest BCUT2D eigenvalue weighted by Gasteiger charge is 2.36. The summed E-state index contributed by atoms with van der Waals surface area (Å²) in [6, 6.07) is 11.8. The first-order valence-corrected chi connectivity index (χ1v) is 12.3. The Morgan fingerprint density at radius 3 is 1.93 bits per heavy atom. The standard InChI is InChI=1S/C31H20N4O8/c1-16-22(26(36)34(28(38)24(16)15-32)20-11-7-18(8-12-20)30(40)41)5-4-6-23-17(2)25(33-3)29(39)35(27(23)37)21-13-9-19(10-14-21)31(42)43/h4-14,36H,1-2H3,(H,40,41)(H,42,43)/b5-4?,23-6-. The number of amides is 2. The summed E-state index contributed by atoms with van der Waals surface area (Å²) < 4.78 is 0.846. The zero-order chi connectivity index (χ0) is 31.6. The van der Waals surface area contributed by atoms with Crippen LogP contribution in [-0.4, -0.2) is 43.6 Å². The van der Waals surface area contributed by atoms with Gasteiger partial charge in [-0.05, 0) is 79.6 Å². The number of nitriles is 1. The van der Waals surface area contributed by atoms with Gasteiger partial charge in [0, 0.05) is 11.1 Å². The van der Waals surface area contributed by atoms with Crippen LogP contribution >= 0.6 is 0 Å². The Labute approximate surface area is 243 Å². The van der Waals surface area contributed by atoms with Gasteiger partial charge < -0.3 is 15.3 Å². The monoisotopic (exact) mass is 576 g/mol. The molecule has 12 heteroatoms. The molecule has 0 atom stereocenters. The molecule has 3 aromatic rings. The maximum atomic E-state index is 13.4. The normalized spacial score (nSPS) is 14.2. The molecule has 2 heterocycles. The lowest BCUT2D eigenvalue weighted by Crippen LogP contribution is -2.42. The van der Waals surface area contributed by atoms with E-state index in [4.69, 9.17) is 16.8 Å². The molecule has 0 spiro atoms. The Hall–Kier alpha value is -6.53. The molecule has 0 fully saturated rings. The molecule has 0 aliphatic carbocycles. The molecule has 0 unspecified atom stereocenters. The van der Waals surface area contributed by atoms with Crippen molar-refractivity contribution in [1.82, 2.24) is 4.57 Å². The van der Waals surface area contributed by atoms with E-state index in [1.165, 1.54) is 80.6 Å². The zero-order valence-electron chi connectivity index (χ0n) is 22.5. The average molecular weight is 577 g/mol. The van der Waals surface area contributed by atoms with E-state index >= 15 is 0 Å². The minimum absolute atomic E-state index is 0.0422. The third-order valence-electron chi connectivity index (χ3n) is 6.74. The molecule has 12 nitrogen and oxygen atoms in total. The number of pyridine rings is 1. The SMILES string of the molecule is [C-]#[N+]C1=C(C)/C(=C/C=Cc2c(C)c(C#N)c(=O)n(-c3ccc(C(=O)O)cc3)c2O)C(=O)N(c2ccc(C(=O)O)cc2)C1=O. The van der Waals surface area contributed by atoms with Gasteiger partial charge in [0.25, 0.3) is 23.1 Å². The maximum Gasteiger partial charge on any atom is 0.335 e. The minimum atomic E-state index is -1.20. The van der Waals surface area contributed by atoms with Crippen molar-refractivity contribution in [3.8, 4) is 17.6 Å². The largest absolute Gasteiger partial charge is 0.494 e. The molecule has 0 radical (unpaired) electrons. The highest BCUT2D eigenvalue weighted by molar-refractivity contribution is 6.30. The van der Waals surface area contributed by atoms with Gasteiger partial charge in [0.15, 0.2) is 0 Å². The molecule has 3 N–H and O–H groups in total. The number of carboxylic acids is 2. The van der Waals surface area contributed by atoms with Crippen molar-refractivity contribution in [3.63, 3.8) is 0 Å². The zero-order valence-corrected chi connectivity index (χ0v) is 22.5. The fraction of sp³-hybridized carbons (Fsp3) is 0.0645. The molecule has 1 aromatic heterocycles. The van der Waals surface area contributed by atoms with Crippen molar-refractivity contribution in [3.05, 3.63) is 127 Å². The molecule has 2 aromatic carbocycles. The first-order chi connectivity index (χ1) is 20.4. The number of nitrogens with zero attached hydrogens (tertiary/aromatic N) is 4. The van der Waals surface area contributed by atoms with E-state index in [2.05, 4.69) is 4.85 Å². The fourth-order valence-electron chi connectivity index (χ4n) is 4.44. The van der Waals surface area contributed by atoms with Gasteiger partial charge in [0.05, 0.1) is 29.1 Å². The lowest BCUT2D eigenvalue weighted by atomic mass is 9.97. The van der Waals surface area contributed by atoms with E-state index < -0.39 is 35.2 Å². The molecule has 0 bridgehead atoms. The van der Waals surface area contributed by atoms with Gasteiger partial charge in [-0.15, -0.1) is 0 Å². The average Bonchev–Trinajstić information content (AvgIpc) is 2.97. The van der Waals surface area contributed by atoms with Crippen LogP contribution in [0.4, 0.5) is 5.69 Å². The van der Waals surface area contributed by atoms with Crippen LogP contribution in [0.3, 0.4) is 0 Å². The van der Waals surface area contributed by atoms with Gasteiger partial charge in [0.2, 0.25) is 5.88 Å². The third-order valence-corrected chi connectivity index (χ3v) is 6.74. The topological polar surface area (TPSA) is 182 Å². The lowest BCUT2D eigenvalue weighted by Gasteiger charge is -2.27. The molecule has 2 amide bonds. The molecule has 1 aliphatic rings. The number of allylic oxidation sites excluding steroid dienone is 2. The first-order valence-electron chi connectivity index (χ1n) is 12.3. The summed E-state index contributed by atoms with van der Waals surface area (Å²) in [5.74, 6) is -4.62. The first kappa shape index (κ1) is 29.5. The number of carboxylic acid groups (broad SMARTS) is 2. The highest BCUT2D eigenvalue weighted by Crippen LogP contribution is 2.31. The van der Waals surface area contributed by atoms with Crippen LogP contribution in [0.25, 0.3) is 16.6 Å². The Morgan fingerprint density at radius 2 is 1.44 bits per heavy atom. The van der Waals surface area contributed by atoms with Crippen molar-refractivity contribution >= 4 is 35.5 Å². The summed E-state index contributed by atoms with van der Waals surface area (Å²) in [6.07, 6.45) is 3.97. The fourth-order valence-corrected chi connectivity index (χ4v) is 4.44. The summed E-state index contributed by atoms with van der Waals surface area (Å²) in [6.45, 7) is 10.4. The van der Waals surface area contributed by atoms with E-state index in [-0.39, 0.29) is 56.0 Å². The van der Waals surface area contributed by atoms with Crippen molar-refractivity contribution in [2.24, 2.45) is 0 Å². The van der Waals surface area contributed by atoms with Gasteiger partial charge in [-0.25, -0.2) is 19.0 Å². The highest BCUT2D eigenvalue weighted by atomic mass is 16.4. The Balaban J connectivity index is 1.82. The van der Waals surface area contributed by atoms with Gasteiger partial charge in [-0.3, -0.25) is 19.3 Å². The Morgan fingerprint density at radius 1 is 0.907 bits per heavy atom. The Kier molecular flexibility index (Phi) is 7.89. The number of carbonyl (C=O) groups is 4. The number of carbonyl (C=O) groups excluding carboxylic acids is 2. The smallest absolute Gasteiger partial charge is 0.335 e. The summed E-state index contributed by atoms with van der Waals surface area (Å²) in [7, 11) is 0. The Bertz CT molecular complexity index is 1970. The lowest BCUT2D eigenvalue weighted by molar-refractivity contribution is -0.123. The van der Waals surface area contributed by atoms with E-state index in [1.807, 2.05) is 6.07 Å². The summed E-state index contributed by atoms with van der Waals surface area (Å²) in [5, 5.41) is 39.0. The minimum Gasteiger partial charge on any atom is -0.494 e. The number of aromatic nitrogens is 1. The van der Waals surface area contributed by atoms with Crippen LogP contribution in [0.5, 0.6) is 5.88 Å². The molecule has 4 rings (SSSR count). The van der Waals surface area contributed by atoms with Crippen molar-refractivity contribution in [1.29, 1.82) is 5.26 Å². The number of aromatic hydroxyl groups is 1. The third kappa shape index (κ3) is 5.19. The number of hydrogen-bond donors (Lipinski definition) is 3. The molecule has 0 saturated carbocycles. The molecule has 1 aliphatic heterocycles. The molecule has 0 saturated heterocycles. The van der Waals surface area contributed by atoms with E-state index in [1.54, 1.807) is 0 Å². The van der Waals surface area contributed by atoms with Gasteiger partial charge in [0.1, 0.15) is 11.6 Å². The van der Waals surface area contributed by atoms with Crippen LogP contribution in [0.2, 0.25) is 0 Å². The number of benzene rings is 2. The van der Waals surface area contributed by atoms with Crippen molar-refractivity contribution in [2.45, 2.75) is 13.8 Å². The maximum absolute atomic E-state index is 13.4. The van der Waals surface area contributed by atoms with Gasteiger partial charge >= 0.3 is 11.9 Å². The van der Waals surface area contributed by atoms with Crippen LogP contribution < -0.4 is 10.5 Å². The van der Waals surface area contributed by atoms with E-state index in [0.29, 0.717) is 0 Å². The van der Waals surface area contributed by atoms with Crippen LogP contribution in [0.15, 0.2) is 82.3 Å². The number of aromatic carboxylic acids is 2. The second-order valence-corrected chi connectivity index (χ2v) is 9.16. The summed E-state index contributed by atoms with van der Waals surface area (Å²) in [4.78, 5) is 65.9. The molecule has 212 valence electrons. The van der Waals surface area contributed by atoms with Crippen LogP contribution in [0, 0.1) is 24.8 Å². The van der Waals surface area contributed by atoms with Crippen molar-refractivity contribution in [2.75, 3.05) is 4.90 Å². The van der Waals surface area contributed by atoms with Crippen LogP contribution in [0.1, 0.15) is 44.3 Å². The predicted molar refractivity (Wildman–Crippen MR) is 152 cm³/mol. The summed E-state index contributed by atoms with van der Waals surface area (Å²) in [5.41, 5.74) is -1.18. The second kappa shape index (κ2) is 11.5. The van der Waals surface area contributed by atoms with Crippen LogP contribution in [-0.2, 0) is 9.59 Å². The second-order valence-electron chi connectivity index (χ2n) is 9.16. The van der Waals surface area contributed by atoms with E-state index in [9.17, 15) is 34.3 Å². The number of imide groups is 1.